The van der Waals surface area contributed by atoms with Crippen molar-refractivity contribution in [1.82, 2.24) is 10.2 Å². The lowest BCUT2D eigenvalue weighted by Crippen LogP contribution is -2.55. The molecule has 2 aliphatic heterocycles. The molecule has 0 aromatic heterocycles. The van der Waals surface area contributed by atoms with E-state index in [0.717, 1.165) is 18.1 Å². The number of piperidine rings is 1. The second-order valence-corrected chi connectivity index (χ2v) is 7.90. The van der Waals surface area contributed by atoms with E-state index in [1.54, 1.807) is 0 Å². The summed E-state index contributed by atoms with van der Waals surface area (Å²) in [5.74, 6) is 0. The standard InChI is InChI=1S/C17H32N2/c1-17(2)10-8-14(9-11-17)19-13-4-3-7-16(19)15-6-5-12-18-15/h14-16,18H,3-13H2,1-2H3. The van der Waals surface area contributed by atoms with Crippen LogP contribution in [0, 0.1) is 5.41 Å². The van der Waals surface area contributed by atoms with Gasteiger partial charge < -0.3 is 5.32 Å². The van der Waals surface area contributed by atoms with Crippen molar-refractivity contribution in [3.05, 3.63) is 0 Å². The van der Waals surface area contributed by atoms with E-state index in [2.05, 4.69) is 24.1 Å². The molecule has 2 nitrogen and oxygen atoms in total. The molecule has 19 heavy (non-hydrogen) atoms. The molecule has 1 aliphatic carbocycles. The lowest BCUT2D eigenvalue weighted by Gasteiger charge is -2.47. The molecule has 0 amide bonds. The second kappa shape index (κ2) is 5.73. The summed E-state index contributed by atoms with van der Waals surface area (Å²) in [6, 6.07) is 2.54. The van der Waals surface area contributed by atoms with Crippen molar-refractivity contribution < 1.29 is 0 Å². The molecule has 2 unspecified atom stereocenters. The molecule has 3 fully saturated rings. The highest BCUT2D eigenvalue weighted by Crippen LogP contribution is 2.39. The van der Waals surface area contributed by atoms with Gasteiger partial charge in [-0.25, -0.2) is 0 Å². The molecule has 0 aromatic rings. The highest BCUT2D eigenvalue weighted by atomic mass is 15.2. The molecule has 0 radical (unpaired) electrons. The van der Waals surface area contributed by atoms with E-state index in [9.17, 15) is 0 Å². The number of rotatable bonds is 2. The Morgan fingerprint density at radius 1 is 0.947 bits per heavy atom. The summed E-state index contributed by atoms with van der Waals surface area (Å²) in [6.45, 7) is 7.53. The van der Waals surface area contributed by atoms with Crippen molar-refractivity contribution in [2.24, 2.45) is 5.41 Å². The highest BCUT2D eigenvalue weighted by molar-refractivity contribution is 4.95. The molecule has 0 bridgehead atoms. The van der Waals surface area contributed by atoms with Crippen molar-refractivity contribution >= 4 is 0 Å². The fourth-order valence-corrected chi connectivity index (χ4v) is 4.62. The van der Waals surface area contributed by atoms with Crippen molar-refractivity contribution in [1.29, 1.82) is 0 Å². The number of hydrogen-bond acceptors (Lipinski definition) is 2. The number of likely N-dealkylation sites (tertiary alicyclic amines) is 1. The minimum atomic E-state index is 0.605. The number of nitrogens with one attached hydrogen (secondary N) is 1. The summed E-state index contributed by atoms with van der Waals surface area (Å²) in [6.07, 6.45) is 12.9. The van der Waals surface area contributed by atoms with Gasteiger partial charge in [-0.3, -0.25) is 4.90 Å². The minimum Gasteiger partial charge on any atom is -0.312 e. The van der Waals surface area contributed by atoms with Gasteiger partial charge in [0.05, 0.1) is 0 Å². The van der Waals surface area contributed by atoms with Crippen LogP contribution in [0.1, 0.15) is 71.6 Å². The highest BCUT2D eigenvalue weighted by Gasteiger charge is 2.37. The monoisotopic (exact) mass is 264 g/mol. The second-order valence-electron chi connectivity index (χ2n) is 7.90. The van der Waals surface area contributed by atoms with E-state index < -0.39 is 0 Å². The maximum absolute atomic E-state index is 3.77. The molecular formula is C17H32N2. The summed E-state index contributed by atoms with van der Waals surface area (Å²) in [5.41, 5.74) is 0.605. The largest absolute Gasteiger partial charge is 0.312 e. The van der Waals surface area contributed by atoms with Gasteiger partial charge in [-0.2, -0.15) is 0 Å². The predicted octanol–water partition coefficient (Wildman–Crippen LogP) is 3.56. The molecule has 2 heterocycles. The van der Waals surface area contributed by atoms with Crippen molar-refractivity contribution in [2.45, 2.75) is 89.8 Å². The zero-order valence-electron chi connectivity index (χ0n) is 13.0. The average Bonchev–Trinajstić information content (AvgIpc) is 2.93. The Kier molecular flexibility index (Phi) is 4.19. The SMILES string of the molecule is CC1(C)CCC(N2CCCCC2C2CCCN2)CC1. The number of nitrogens with zero attached hydrogens (tertiary/aromatic N) is 1. The van der Waals surface area contributed by atoms with E-state index >= 15 is 0 Å². The Bertz CT molecular complexity index is 284. The Hall–Kier alpha value is -0.0800. The normalized spacial score (nSPS) is 37.6. The Balaban J connectivity index is 1.63. The smallest absolute Gasteiger partial charge is 0.0252 e. The minimum absolute atomic E-state index is 0.605. The maximum Gasteiger partial charge on any atom is 0.0252 e. The molecule has 0 spiro atoms. The molecule has 2 atom stereocenters. The Morgan fingerprint density at radius 3 is 2.42 bits per heavy atom. The molecule has 1 saturated carbocycles. The van der Waals surface area contributed by atoms with E-state index in [4.69, 9.17) is 0 Å². The third-order valence-electron chi connectivity index (χ3n) is 5.93. The van der Waals surface area contributed by atoms with Gasteiger partial charge in [0.25, 0.3) is 0 Å². The first-order valence-corrected chi connectivity index (χ1v) is 8.65. The van der Waals surface area contributed by atoms with Crippen LogP contribution in [0.15, 0.2) is 0 Å². The molecule has 1 N–H and O–H groups in total. The molecule has 0 aromatic carbocycles. The fourth-order valence-electron chi connectivity index (χ4n) is 4.62. The van der Waals surface area contributed by atoms with Crippen LogP contribution in [0.4, 0.5) is 0 Å². The summed E-state index contributed by atoms with van der Waals surface area (Å²) in [4.78, 5) is 2.92. The average molecular weight is 264 g/mol. The summed E-state index contributed by atoms with van der Waals surface area (Å²) >= 11 is 0. The first-order chi connectivity index (χ1) is 9.16. The molecule has 110 valence electrons. The summed E-state index contributed by atoms with van der Waals surface area (Å²) < 4.78 is 0. The fraction of sp³-hybridized carbons (Fsp3) is 1.00. The zero-order chi connectivity index (χ0) is 13.3. The van der Waals surface area contributed by atoms with Gasteiger partial charge in [-0.15, -0.1) is 0 Å². The third-order valence-corrected chi connectivity index (χ3v) is 5.93. The zero-order valence-corrected chi connectivity index (χ0v) is 13.0. The van der Waals surface area contributed by atoms with E-state index in [-0.39, 0.29) is 0 Å². The molecule has 2 saturated heterocycles. The number of hydrogen-bond donors (Lipinski definition) is 1. The quantitative estimate of drug-likeness (QED) is 0.820. The van der Waals surface area contributed by atoms with Crippen molar-refractivity contribution in [2.75, 3.05) is 13.1 Å². The predicted molar refractivity (Wildman–Crippen MR) is 81.4 cm³/mol. The summed E-state index contributed by atoms with van der Waals surface area (Å²) in [7, 11) is 0. The Morgan fingerprint density at radius 2 is 1.74 bits per heavy atom. The maximum atomic E-state index is 3.77. The summed E-state index contributed by atoms with van der Waals surface area (Å²) in [5, 5.41) is 3.77. The van der Waals surface area contributed by atoms with Gasteiger partial charge in [0.1, 0.15) is 0 Å². The first kappa shape index (κ1) is 13.9. The van der Waals surface area contributed by atoms with Gasteiger partial charge in [-0.1, -0.05) is 20.3 Å². The molecule has 2 heteroatoms. The van der Waals surface area contributed by atoms with Crippen LogP contribution in [0.2, 0.25) is 0 Å². The van der Waals surface area contributed by atoms with Gasteiger partial charge in [-0.05, 0) is 69.9 Å². The van der Waals surface area contributed by atoms with Gasteiger partial charge in [0, 0.05) is 18.1 Å². The van der Waals surface area contributed by atoms with Gasteiger partial charge in [0.2, 0.25) is 0 Å². The van der Waals surface area contributed by atoms with Crippen LogP contribution < -0.4 is 5.32 Å². The van der Waals surface area contributed by atoms with Crippen LogP contribution in [0.5, 0.6) is 0 Å². The van der Waals surface area contributed by atoms with E-state index in [1.165, 1.54) is 70.9 Å². The van der Waals surface area contributed by atoms with Crippen LogP contribution in [0.25, 0.3) is 0 Å². The van der Waals surface area contributed by atoms with Gasteiger partial charge >= 0.3 is 0 Å². The molecule has 3 rings (SSSR count). The van der Waals surface area contributed by atoms with Crippen LogP contribution in [-0.2, 0) is 0 Å². The van der Waals surface area contributed by atoms with Crippen molar-refractivity contribution in [3.63, 3.8) is 0 Å². The van der Waals surface area contributed by atoms with Crippen LogP contribution >= 0.6 is 0 Å². The van der Waals surface area contributed by atoms with Crippen LogP contribution in [-0.4, -0.2) is 36.1 Å². The lowest BCUT2D eigenvalue weighted by molar-refractivity contribution is 0.0343. The Labute approximate surface area is 119 Å². The van der Waals surface area contributed by atoms with Gasteiger partial charge in [0.15, 0.2) is 0 Å². The lowest BCUT2D eigenvalue weighted by atomic mass is 9.74. The van der Waals surface area contributed by atoms with Crippen LogP contribution in [0.3, 0.4) is 0 Å². The van der Waals surface area contributed by atoms with Crippen molar-refractivity contribution in [3.8, 4) is 0 Å². The third kappa shape index (κ3) is 3.16. The molecule has 3 aliphatic rings. The first-order valence-electron chi connectivity index (χ1n) is 8.65. The van der Waals surface area contributed by atoms with E-state index in [1.807, 2.05) is 0 Å². The van der Waals surface area contributed by atoms with E-state index in [0.29, 0.717) is 5.41 Å². The molecular weight excluding hydrogens is 232 g/mol. The topological polar surface area (TPSA) is 15.3 Å².